The van der Waals surface area contributed by atoms with Crippen LogP contribution in [0, 0.1) is 0 Å². The molecular formula is C14H17FO2. The van der Waals surface area contributed by atoms with Crippen molar-refractivity contribution in [2.45, 2.75) is 37.5 Å². The van der Waals surface area contributed by atoms with Gasteiger partial charge in [0.25, 0.3) is 0 Å². The molecule has 2 rings (SSSR count). The predicted octanol–water partition coefficient (Wildman–Crippen LogP) is 3.10. The molecule has 1 fully saturated rings. The van der Waals surface area contributed by atoms with Gasteiger partial charge in [-0.25, -0.2) is 0 Å². The van der Waals surface area contributed by atoms with Crippen molar-refractivity contribution in [3.05, 3.63) is 35.4 Å². The Bertz CT molecular complexity index is 408. The van der Waals surface area contributed by atoms with Gasteiger partial charge in [0.2, 0.25) is 0 Å². The van der Waals surface area contributed by atoms with Crippen LogP contribution in [0.1, 0.15) is 36.8 Å². The van der Waals surface area contributed by atoms with E-state index in [4.69, 9.17) is 0 Å². The standard InChI is InChI=1S/C14H17FO2/c15-9-6-11-4-3-5-12(10-11)14(13(16)17)7-1-2-8-14/h3-5,10H,1-2,6-9H2,(H,16,17). The average Bonchev–Trinajstić information content (AvgIpc) is 2.80. The van der Waals surface area contributed by atoms with Crippen LogP contribution in [0.4, 0.5) is 4.39 Å². The highest BCUT2D eigenvalue weighted by atomic mass is 19.1. The first-order valence-electron chi connectivity index (χ1n) is 6.08. The molecule has 2 nitrogen and oxygen atoms in total. The van der Waals surface area contributed by atoms with Crippen LogP contribution in [0.25, 0.3) is 0 Å². The van der Waals surface area contributed by atoms with Crippen molar-refractivity contribution in [3.8, 4) is 0 Å². The summed E-state index contributed by atoms with van der Waals surface area (Å²) in [6.07, 6.45) is 3.67. The summed E-state index contributed by atoms with van der Waals surface area (Å²) < 4.78 is 12.3. The van der Waals surface area contributed by atoms with E-state index in [0.717, 1.165) is 24.0 Å². The number of carboxylic acid groups (broad SMARTS) is 1. The van der Waals surface area contributed by atoms with Gasteiger partial charge >= 0.3 is 5.97 Å². The molecule has 0 radical (unpaired) electrons. The third kappa shape index (κ3) is 2.19. The topological polar surface area (TPSA) is 37.3 Å². The Morgan fingerprint density at radius 2 is 2.06 bits per heavy atom. The van der Waals surface area contributed by atoms with Crippen LogP contribution in [0.2, 0.25) is 0 Å². The summed E-state index contributed by atoms with van der Waals surface area (Å²) in [5.41, 5.74) is 0.998. The lowest BCUT2D eigenvalue weighted by Crippen LogP contribution is -2.32. The van der Waals surface area contributed by atoms with Crippen molar-refractivity contribution >= 4 is 5.97 Å². The van der Waals surface area contributed by atoms with Gasteiger partial charge in [-0.1, -0.05) is 37.1 Å². The summed E-state index contributed by atoms with van der Waals surface area (Å²) in [5.74, 6) is -0.743. The number of carboxylic acids is 1. The van der Waals surface area contributed by atoms with Crippen molar-refractivity contribution in [2.75, 3.05) is 6.67 Å². The lowest BCUT2D eigenvalue weighted by molar-refractivity contribution is -0.143. The van der Waals surface area contributed by atoms with E-state index in [0.29, 0.717) is 19.3 Å². The first-order chi connectivity index (χ1) is 8.19. The highest BCUT2D eigenvalue weighted by Crippen LogP contribution is 2.41. The molecule has 1 aromatic rings. The molecule has 1 aromatic carbocycles. The molecule has 3 heteroatoms. The number of alkyl halides is 1. The maximum Gasteiger partial charge on any atom is 0.314 e. The second-order valence-corrected chi connectivity index (χ2v) is 4.73. The fourth-order valence-electron chi connectivity index (χ4n) is 2.74. The van der Waals surface area contributed by atoms with Crippen molar-refractivity contribution in [3.63, 3.8) is 0 Å². The van der Waals surface area contributed by atoms with Crippen molar-refractivity contribution in [1.29, 1.82) is 0 Å². The highest BCUT2D eigenvalue weighted by molar-refractivity contribution is 5.81. The number of hydrogen-bond donors (Lipinski definition) is 1. The fourth-order valence-corrected chi connectivity index (χ4v) is 2.74. The summed E-state index contributed by atoms with van der Waals surface area (Å²) in [7, 11) is 0. The quantitative estimate of drug-likeness (QED) is 0.872. The summed E-state index contributed by atoms with van der Waals surface area (Å²) in [6.45, 7) is -0.399. The number of aliphatic carboxylic acids is 1. The van der Waals surface area contributed by atoms with Crippen LogP contribution in [-0.2, 0) is 16.6 Å². The van der Waals surface area contributed by atoms with Crippen molar-refractivity contribution in [1.82, 2.24) is 0 Å². The largest absolute Gasteiger partial charge is 0.481 e. The van der Waals surface area contributed by atoms with E-state index in [1.807, 2.05) is 24.3 Å². The highest BCUT2D eigenvalue weighted by Gasteiger charge is 2.42. The molecule has 1 aliphatic rings. The Kier molecular flexibility index (Phi) is 3.46. The first-order valence-corrected chi connectivity index (χ1v) is 6.08. The molecule has 1 aliphatic carbocycles. The SMILES string of the molecule is O=C(O)C1(c2cccc(CCF)c2)CCCC1. The van der Waals surface area contributed by atoms with Gasteiger partial charge in [0.05, 0.1) is 12.1 Å². The van der Waals surface area contributed by atoms with Gasteiger partial charge in [-0.15, -0.1) is 0 Å². The van der Waals surface area contributed by atoms with E-state index in [9.17, 15) is 14.3 Å². The first kappa shape index (κ1) is 12.1. The number of carbonyl (C=O) groups is 1. The van der Waals surface area contributed by atoms with Crippen LogP contribution in [0.15, 0.2) is 24.3 Å². The summed E-state index contributed by atoms with van der Waals surface area (Å²) in [5, 5.41) is 9.46. The number of hydrogen-bond acceptors (Lipinski definition) is 1. The second-order valence-electron chi connectivity index (χ2n) is 4.73. The van der Waals surface area contributed by atoms with Gasteiger partial charge in [-0.2, -0.15) is 0 Å². The molecule has 0 bridgehead atoms. The molecule has 1 saturated carbocycles. The van der Waals surface area contributed by atoms with E-state index in [1.54, 1.807) is 0 Å². The van der Waals surface area contributed by atoms with Crippen LogP contribution < -0.4 is 0 Å². The minimum Gasteiger partial charge on any atom is -0.481 e. The van der Waals surface area contributed by atoms with E-state index in [2.05, 4.69) is 0 Å². The Labute approximate surface area is 100 Å². The van der Waals surface area contributed by atoms with Crippen molar-refractivity contribution in [2.24, 2.45) is 0 Å². The molecule has 0 aromatic heterocycles. The molecule has 0 atom stereocenters. The monoisotopic (exact) mass is 236 g/mol. The zero-order chi connectivity index (χ0) is 12.3. The van der Waals surface area contributed by atoms with Gasteiger partial charge in [-0.3, -0.25) is 9.18 Å². The van der Waals surface area contributed by atoms with Crippen molar-refractivity contribution < 1.29 is 14.3 Å². The summed E-state index contributed by atoms with van der Waals surface area (Å²) in [4.78, 5) is 11.5. The zero-order valence-corrected chi connectivity index (χ0v) is 9.79. The normalized spacial score (nSPS) is 18.2. The van der Waals surface area contributed by atoms with E-state index < -0.39 is 18.1 Å². The molecule has 0 unspecified atom stereocenters. The number of benzene rings is 1. The van der Waals surface area contributed by atoms with E-state index >= 15 is 0 Å². The maximum absolute atomic E-state index is 12.3. The number of aryl methyl sites for hydroxylation is 1. The smallest absolute Gasteiger partial charge is 0.314 e. The van der Waals surface area contributed by atoms with E-state index in [-0.39, 0.29) is 0 Å². The molecular weight excluding hydrogens is 219 g/mol. The van der Waals surface area contributed by atoms with Gasteiger partial charge in [0, 0.05) is 6.42 Å². The number of rotatable bonds is 4. The van der Waals surface area contributed by atoms with Crippen LogP contribution in [0.3, 0.4) is 0 Å². The Morgan fingerprint density at radius 3 is 2.65 bits per heavy atom. The van der Waals surface area contributed by atoms with E-state index in [1.165, 1.54) is 0 Å². The predicted molar refractivity (Wildman–Crippen MR) is 63.9 cm³/mol. The summed E-state index contributed by atoms with van der Waals surface area (Å²) >= 11 is 0. The fraction of sp³-hybridized carbons (Fsp3) is 0.500. The van der Waals surface area contributed by atoms with Gasteiger partial charge in [0.1, 0.15) is 0 Å². The Morgan fingerprint density at radius 1 is 1.35 bits per heavy atom. The zero-order valence-electron chi connectivity index (χ0n) is 9.79. The Balaban J connectivity index is 2.36. The molecule has 0 aliphatic heterocycles. The molecule has 0 amide bonds. The third-order valence-corrected chi connectivity index (χ3v) is 3.73. The lowest BCUT2D eigenvalue weighted by Gasteiger charge is -2.24. The number of halogens is 1. The molecule has 0 saturated heterocycles. The maximum atomic E-state index is 12.3. The molecule has 0 heterocycles. The molecule has 92 valence electrons. The third-order valence-electron chi connectivity index (χ3n) is 3.73. The van der Waals surface area contributed by atoms with Crippen LogP contribution in [0.5, 0.6) is 0 Å². The average molecular weight is 236 g/mol. The second kappa shape index (κ2) is 4.86. The van der Waals surface area contributed by atoms with Crippen LogP contribution in [-0.4, -0.2) is 17.8 Å². The minimum atomic E-state index is -0.743. The van der Waals surface area contributed by atoms with Crippen LogP contribution >= 0.6 is 0 Å². The van der Waals surface area contributed by atoms with Gasteiger partial charge in [-0.05, 0) is 24.0 Å². The lowest BCUT2D eigenvalue weighted by atomic mass is 9.78. The molecule has 0 spiro atoms. The van der Waals surface area contributed by atoms with Gasteiger partial charge in [0.15, 0.2) is 0 Å². The molecule has 1 N–H and O–H groups in total. The van der Waals surface area contributed by atoms with Gasteiger partial charge < -0.3 is 5.11 Å². The molecule has 17 heavy (non-hydrogen) atoms. The summed E-state index contributed by atoms with van der Waals surface area (Å²) in [6, 6.07) is 7.41. The Hall–Kier alpha value is -1.38. The minimum absolute atomic E-state index is 0.365.